The van der Waals surface area contributed by atoms with E-state index < -0.39 is 27.8 Å². The number of alkyl halides is 3. The Morgan fingerprint density at radius 2 is 1.81 bits per heavy atom. The van der Waals surface area contributed by atoms with Gasteiger partial charge in [-0.15, -0.1) is 13.2 Å². The molecule has 0 saturated heterocycles. The highest BCUT2D eigenvalue weighted by atomic mass is 35.5. The normalized spacial score (nSPS) is 14.3. The molecule has 5 rings (SSSR count). The topological polar surface area (TPSA) is 72.1 Å². The Morgan fingerprint density at radius 1 is 1.08 bits per heavy atom. The maximum atomic E-state index is 14.8. The van der Waals surface area contributed by atoms with Gasteiger partial charge in [0.25, 0.3) is 0 Å². The third-order valence-corrected chi connectivity index (χ3v) is 8.54. The summed E-state index contributed by atoms with van der Waals surface area (Å²) in [7, 11) is -3.56. The number of sulfone groups is 1. The molecule has 5 nitrogen and oxygen atoms in total. The van der Waals surface area contributed by atoms with Gasteiger partial charge in [-0.25, -0.2) is 17.8 Å². The summed E-state index contributed by atoms with van der Waals surface area (Å²) in [5, 5.41) is 0.0486. The van der Waals surface area contributed by atoms with Crippen LogP contribution in [0.5, 0.6) is 5.75 Å². The molecule has 0 atom stereocenters. The number of para-hydroxylation sites is 1. The third-order valence-electron chi connectivity index (χ3n) is 5.99. The summed E-state index contributed by atoms with van der Waals surface area (Å²) in [4.78, 5) is 7.33. The number of benzene rings is 3. The molecule has 0 unspecified atom stereocenters. The molecular formula is C25H18Cl2F4N2O3S. The van der Waals surface area contributed by atoms with Crippen LogP contribution < -0.4 is 4.74 Å². The molecular weight excluding hydrogens is 555 g/mol. The summed E-state index contributed by atoms with van der Waals surface area (Å²) in [5.74, 6) is -0.726. The average molecular weight is 573 g/mol. The van der Waals surface area contributed by atoms with Crippen LogP contribution in [-0.4, -0.2) is 30.5 Å². The molecule has 3 aromatic carbocycles. The molecule has 0 bridgehead atoms. The minimum atomic E-state index is -4.92. The monoisotopic (exact) mass is 572 g/mol. The van der Waals surface area contributed by atoms with Gasteiger partial charge in [-0.1, -0.05) is 47.5 Å². The fraction of sp³-hybridized carbons (Fsp3) is 0.240. The number of rotatable bonds is 7. The van der Waals surface area contributed by atoms with Crippen molar-refractivity contribution in [2.24, 2.45) is 5.92 Å². The number of fused-ring (bicyclic) bond motifs is 1. The van der Waals surface area contributed by atoms with Gasteiger partial charge >= 0.3 is 6.36 Å². The van der Waals surface area contributed by atoms with E-state index in [0.717, 1.165) is 25.0 Å². The van der Waals surface area contributed by atoms with Crippen molar-refractivity contribution < 1.29 is 30.7 Å². The van der Waals surface area contributed by atoms with E-state index in [9.17, 15) is 26.0 Å². The lowest BCUT2D eigenvalue weighted by molar-refractivity contribution is -0.274. The SMILES string of the molecule is O=S(=O)(CC1CC1)c1ccc(Cc2nc3c(Cl)c(-c4ccccc4OC(F)(F)F)c(Cl)cc3[nH]2)c(F)c1. The molecule has 0 amide bonds. The molecule has 1 aliphatic rings. The Balaban J connectivity index is 1.48. The summed E-state index contributed by atoms with van der Waals surface area (Å²) < 4.78 is 82.6. The van der Waals surface area contributed by atoms with Crippen LogP contribution in [-0.2, 0) is 16.3 Å². The molecule has 37 heavy (non-hydrogen) atoms. The van der Waals surface area contributed by atoms with Crippen LogP contribution in [0.15, 0.2) is 53.4 Å². The maximum absolute atomic E-state index is 14.8. The number of ether oxygens (including phenoxy) is 1. The Morgan fingerprint density at radius 3 is 2.49 bits per heavy atom. The zero-order valence-corrected chi connectivity index (χ0v) is 21.2. The van der Waals surface area contributed by atoms with Gasteiger partial charge < -0.3 is 9.72 Å². The van der Waals surface area contributed by atoms with E-state index in [1.165, 1.54) is 36.4 Å². The average Bonchev–Trinajstić information content (AvgIpc) is 3.51. The molecule has 0 aliphatic heterocycles. The van der Waals surface area contributed by atoms with E-state index >= 15 is 0 Å². The molecule has 1 saturated carbocycles. The number of halogens is 6. The standard InChI is InChI=1S/C25H18Cl2F4N2O3S/c26-17-11-19-24(23(27)22(17)16-3-1-2-4-20(16)36-25(29,30)31)33-21(32-19)9-14-7-8-15(10-18(14)28)37(34,35)12-13-5-6-13/h1-4,7-8,10-11,13H,5-6,9,12H2,(H,32,33). The van der Waals surface area contributed by atoms with Crippen LogP contribution in [0.2, 0.25) is 10.0 Å². The van der Waals surface area contributed by atoms with Gasteiger partial charge in [-0.05, 0) is 48.6 Å². The Bertz CT molecular complexity index is 1620. The van der Waals surface area contributed by atoms with Crippen molar-refractivity contribution in [3.63, 3.8) is 0 Å². The van der Waals surface area contributed by atoms with Crippen molar-refractivity contribution in [3.05, 3.63) is 75.8 Å². The maximum Gasteiger partial charge on any atom is 0.573 e. The Kier molecular flexibility index (Phi) is 6.62. The van der Waals surface area contributed by atoms with Crippen molar-refractivity contribution in [3.8, 4) is 16.9 Å². The summed E-state index contributed by atoms with van der Waals surface area (Å²) in [6.07, 6.45) is -3.21. The minimum Gasteiger partial charge on any atom is -0.405 e. The molecule has 0 radical (unpaired) electrons. The lowest BCUT2D eigenvalue weighted by Gasteiger charge is -2.15. The number of aromatic amines is 1. The second kappa shape index (κ2) is 9.49. The van der Waals surface area contributed by atoms with Gasteiger partial charge in [-0.2, -0.15) is 0 Å². The first kappa shape index (κ1) is 25.8. The van der Waals surface area contributed by atoms with Crippen molar-refractivity contribution in [1.82, 2.24) is 9.97 Å². The van der Waals surface area contributed by atoms with Gasteiger partial charge in [0.05, 0.1) is 26.2 Å². The van der Waals surface area contributed by atoms with Crippen LogP contribution in [0.25, 0.3) is 22.2 Å². The van der Waals surface area contributed by atoms with E-state index in [1.54, 1.807) is 0 Å². The van der Waals surface area contributed by atoms with Gasteiger partial charge in [0.15, 0.2) is 9.84 Å². The highest BCUT2D eigenvalue weighted by molar-refractivity contribution is 7.91. The van der Waals surface area contributed by atoms with Crippen molar-refractivity contribution in [1.29, 1.82) is 0 Å². The summed E-state index contributed by atoms with van der Waals surface area (Å²) >= 11 is 12.9. The van der Waals surface area contributed by atoms with E-state index in [-0.39, 0.29) is 55.2 Å². The predicted octanol–water partition coefficient (Wildman–Crippen LogP) is 7.35. The van der Waals surface area contributed by atoms with Gasteiger partial charge in [-0.3, -0.25) is 0 Å². The van der Waals surface area contributed by atoms with Crippen molar-refractivity contribution in [2.75, 3.05) is 5.75 Å². The third kappa shape index (κ3) is 5.56. The lowest BCUT2D eigenvalue weighted by Crippen LogP contribution is -2.17. The summed E-state index contributed by atoms with van der Waals surface area (Å²) in [6.45, 7) is 0. The zero-order chi connectivity index (χ0) is 26.5. The van der Waals surface area contributed by atoms with E-state index in [0.29, 0.717) is 11.3 Å². The molecule has 0 spiro atoms. The Labute approximate surface area is 219 Å². The van der Waals surface area contributed by atoms with Crippen LogP contribution in [0.3, 0.4) is 0 Å². The first-order chi connectivity index (χ1) is 17.4. The van der Waals surface area contributed by atoms with Crippen LogP contribution in [0.4, 0.5) is 17.6 Å². The molecule has 1 N–H and O–H groups in total. The fourth-order valence-electron chi connectivity index (χ4n) is 4.09. The quantitative estimate of drug-likeness (QED) is 0.235. The number of hydrogen-bond donors (Lipinski definition) is 1. The molecule has 1 fully saturated rings. The highest BCUT2D eigenvalue weighted by Gasteiger charge is 2.33. The second-order valence-corrected chi connectivity index (χ2v) is 11.6. The molecule has 194 valence electrons. The number of aromatic nitrogens is 2. The lowest BCUT2D eigenvalue weighted by atomic mass is 10.0. The van der Waals surface area contributed by atoms with E-state index in [2.05, 4.69) is 14.7 Å². The Hall–Kier alpha value is -2.82. The molecule has 12 heteroatoms. The van der Waals surface area contributed by atoms with Crippen LogP contribution in [0, 0.1) is 11.7 Å². The smallest absolute Gasteiger partial charge is 0.405 e. The number of imidazole rings is 1. The van der Waals surface area contributed by atoms with Gasteiger partial charge in [0.2, 0.25) is 0 Å². The van der Waals surface area contributed by atoms with Crippen molar-refractivity contribution >= 4 is 44.1 Å². The minimum absolute atomic E-state index is 0.00803. The first-order valence-corrected chi connectivity index (χ1v) is 13.5. The van der Waals surface area contributed by atoms with Crippen LogP contribution in [0.1, 0.15) is 24.2 Å². The number of nitrogens with one attached hydrogen (secondary N) is 1. The second-order valence-electron chi connectivity index (χ2n) is 8.83. The predicted molar refractivity (Wildman–Crippen MR) is 132 cm³/mol. The highest BCUT2D eigenvalue weighted by Crippen LogP contribution is 2.44. The largest absolute Gasteiger partial charge is 0.573 e. The zero-order valence-electron chi connectivity index (χ0n) is 18.9. The van der Waals surface area contributed by atoms with Gasteiger partial charge in [0, 0.05) is 17.5 Å². The molecule has 1 aromatic heterocycles. The number of nitrogens with zero attached hydrogens (tertiary/aromatic N) is 1. The van der Waals surface area contributed by atoms with Crippen molar-refractivity contribution in [2.45, 2.75) is 30.5 Å². The van der Waals surface area contributed by atoms with Crippen LogP contribution >= 0.6 is 23.2 Å². The summed E-state index contributed by atoms with van der Waals surface area (Å²) in [5.41, 5.74) is 0.949. The number of H-pyrrole nitrogens is 1. The molecule has 1 aliphatic carbocycles. The summed E-state index contributed by atoms with van der Waals surface area (Å²) in [6, 6.07) is 10.7. The van der Waals surface area contributed by atoms with E-state index in [1.807, 2.05) is 0 Å². The van der Waals surface area contributed by atoms with E-state index in [4.69, 9.17) is 23.2 Å². The fourth-order valence-corrected chi connectivity index (χ4v) is 6.49. The number of hydrogen-bond acceptors (Lipinski definition) is 4. The first-order valence-electron chi connectivity index (χ1n) is 11.1. The molecule has 4 aromatic rings. The molecule has 1 heterocycles. The van der Waals surface area contributed by atoms with Gasteiger partial charge in [0.1, 0.15) is 22.9 Å².